The molecule has 2 aromatic heterocycles. The molecule has 0 saturated heterocycles. The van der Waals surface area contributed by atoms with E-state index < -0.39 is 0 Å². The van der Waals surface area contributed by atoms with Crippen LogP contribution < -0.4 is 5.32 Å². The van der Waals surface area contributed by atoms with Gasteiger partial charge in [-0.05, 0) is 30.0 Å². The van der Waals surface area contributed by atoms with Gasteiger partial charge in [0.15, 0.2) is 5.13 Å². The Labute approximate surface area is 130 Å². The molecule has 1 N–H and O–H groups in total. The molecule has 0 aliphatic heterocycles. The van der Waals surface area contributed by atoms with Gasteiger partial charge in [0.2, 0.25) is 0 Å². The standard InChI is InChI=1S/C14H12N2S2.BrH/c1-10-5-2-3-6-11(10)15-14-16-12(9-18-14)13-7-4-8-17-13;/h2-9H,1H3,(H,15,16);1H. The molecule has 0 atom stereocenters. The van der Waals surface area contributed by atoms with Crippen LogP contribution in [-0.4, -0.2) is 4.98 Å². The second kappa shape index (κ2) is 6.32. The number of thiazole rings is 1. The van der Waals surface area contributed by atoms with Gasteiger partial charge < -0.3 is 5.32 Å². The fraction of sp³-hybridized carbons (Fsp3) is 0.0714. The molecule has 3 rings (SSSR count). The van der Waals surface area contributed by atoms with Gasteiger partial charge in [0.05, 0.1) is 10.6 Å². The highest BCUT2D eigenvalue weighted by atomic mass is 79.9. The number of benzene rings is 1. The molecule has 0 saturated carbocycles. The maximum atomic E-state index is 4.61. The third-order valence-electron chi connectivity index (χ3n) is 2.66. The Morgan fingerprint density at radius 1 is 1.05 bits per heavy atom. The highest BCUT2D eigenvalue weighted by molar-refractivity contribution is 8.93. The van der Waals surface area contributed by atoms with E-state index in [1.54, 1.807) is 22.7 Å². The van der Waals surface area contributed by atoms with Gasteiger partial charge in [-0.3, -0.25) is 0 Å². The summed E-state index contributed by atoms with van der Waals surface area (Å²) in [5, 5.41) is 8.47. The van der Waals surface area contributed by atoms with E-state index in [1.807, 2.05) is 18.2 Å². The number of nitrogens with zero attached hydrogens (tertiary/aromatic N) is 1. The van der Waals surface area contributed by atoms with Gasteiger partial charge in [0.25, 0.3) is 0 Å². The molecule has 0 amide bonds. The minimum atomic E-state index is 0. The molecule has 98 valence electrons. The number of thiophene rings is 1. The Balaban J connectivity index is 0.00000133. The average molecular weight is 353 g/mol. The van der Waals surface area contributed by atoms with Gasteiger partial charge in [0.1, 0.15) is 0 Å². The normalized spacial score (nSPS) is 9.95. The van der Waals surface area contributed by atoms with Gasteiger partial charge in [-0.2, -0.15) is 0 Å². The molecule has 0 aliphatic carbocycles. The summed E-state index contributed by atoms with van der Waals surface area (Å²) in [6, 6.07) is 12.4. The smallest absolute Gasteiger partial charge is 0.187 e. The average Bonchev–Trinajstić information content (AvgIpc) is 3.02. The zero-order valence-electron chi connectivity index (χ0n) is 10.3. The summed E-state index contributed by atoms with van der Waals surface area (Å²) in [5.74, 6) is 0. The number of nitrogens with one attached hydrogen (secondary N) is 1. The Kier molecular flexibility index (Phi) is 4.74. The van der Waals surface area contributed by atoms with Crippen molar-refractivity contribution in [1.29, 1.82) is 0 Å². The maximum Gasteiger partial charge on any atom is 0.187 e. The lowest BCUT2D eigenvalue weighted by atomic mass is 10.2. The van der Waals surface area contributed by atoms with Crippen LogP contribution in [0.2, 0.25) is 0 Å². The third kappa shape index (κ3) is 3.23. The van der Waals surface area contributed by atoms with Crippen LogP contribution in [0.4, 0.5) is 10.8 Å². The molecule has 0 spiro atoms. The lowest BCUT2D eigenvalue weighted by Gasteiger charge is -2.05. The second-order valence-corrected chi connectivity index (χ2v) is 5.76. The summed E-state index contributed by atoms with van der Waals surface area (Å²) in [7, 11) is 0. The highest BCUT2D eigenvalue weighted by Gasteiger charge is 2.06. The van der Waals surface area contributed by atoms with Crippen LogP contribution in [0.15, 0.2) is 47.2 Å². The molecule has 19 heavy (non-hydrogen) atoms. The minimum absolute atomic E-state index is 0. The first kappa shape index (κ1) is 14.2. The predicted molar refractivity (Wildman–Crippen MR) is 90.2 cm³/mol. The minimum Gasteiger partial charge on any atom is -0.331 e. The van der Waals surface area contributed by atoms with Crippen molar-refractivity contribution in [1.82, 2.24) is 4.98 Å². The molecule has 0 aliphatic rings. The summed E-state index contributed by atoms with van der Waals surface area (Å²) in [5.41, 5.74) is 3.39. The second-order valence-electron chi connectivity index (χ2n) is 3.96. The summed E-state index contributed by atoms with van der Waals surface area (Å²) in [4.78, 5) is 5.82. The Morgan fingerprint density at radius 3 is 2.63 bits per heavy atom. The predicted octanol–water partition coefficient (Wildman–Crippen LogP) is 5.50. The van der Waals surface area contributed by atoms with Crippen LogP contribution in [0, 0.1) is 6.92 Å². The first-order valence-corrected chi connectivity index (χ1v) is 7.41. The lowest BCUT2D eigenvalue weighted by Crippen LogP contribution is -1.91. The van der Waals surface area contributed by atoms with Gasteiger partial charge >= 0.3 is 0 Å². The van der Waals surface area contributed by atoms with Crippen molar-refractivity contribution in [2.24, 2.45) is 0 Å². The molecule has 3 aromatic rings. The number of rotatable bonds is 3. The monoisotopic (exact) mass is 352 g/mol. The highest BCUT2D eigenvalue weighted by Crippen LogP contribution is 2.30. The van der Waals surface area contributed by atoms with Crippen molar-refractivity contribution in [3.05, 3.63) is 52.7 Å². The quantitative estimate of drug-likeness (QED) is 0.672. The number of halogens is 1. The van der Waals surface area contributed by atoms with Crippen LogP contribution in [-0.2, 0) is 0 Å². The number of hydrogen-bond acceptors (Lipinski definition) is 4. The van der Waals surface area contributed by atoms with Gasteiger partial charge in [-0.15, -0.1) is 39.7 Å². The van der Waals surface area contributed by atoms with Crippen molar-refractivity contribution < 1.29 is 0 Å². The van der Waals surface area contributed by atoms with Crippen molar-refractivity contribution in [3.63, 3.8) is 0 Å². The molecule has 0 unspecified atom stereocenters. The van der Waals surface area contributed by atoms with E-state index in [-0.39, 0.29) is 17.0 Å². The maximum absolute atomic E-state index is 4.61. The van der Waals surface area contributed by atoms with Crippen LogP contribution in [0.1, 0.15) is 5.56 Å². The third-order valence-corrected chi connectivity index (χ3v) is 4.31. The Bertz CT molecular complexity index is 647. The van der Waals surface area contributed by atoms with Crippen molar-refractivity contribution in [2.45, 2.75) is 6.92 Å². The molecular formula is C14H13BrN2S2. The van der Waals surface area contributed by atoms with E-state index in [1.165, 1.54) is 10.4 Å². The van der Waals surface area contributed by atoms with E-state index in [2.05, 4.69) is 46.2 Å². The number of para-hydroxylation sites is 1. The van der Waals surface area contributed by atoms with Crippen LogP contribution in [0.3, 0.4) is 0 Å². The van der Waals surface area contributed by atoms with Crippen LogP contribution in [0.25, 0.3) is 10.6 Å². The number of aromatic nitrogens is 1. The summed E-state index contributed by atoms with van der Waals surface area (Å²) in [6.07, 6.45) is 0. The van der Waals surface area contributed by atoms with E-state index in [4.69, 9.17) is 0 Å². The first-order valence-electron chi connectivity index (χ1n) is 5.65. The summed E-state index contributed by atoms with van der Waals surface area (Å²) in [6.45, 7) is 2.09. The fourth-order valence-electron chi connectivity index (χ4n) is 1.70. The van der Waals surface area contributed by atoms with Crippen LogP contribution in [0.5, 0.6) is 0 Å². The van der Waals surface area contributed by atoms with Gasteiger partial charge in [-0.1, -0.05) is 24.3 Å². The Morgan fingerprint density at radius 2 is 1.89 bits per heavy atom. The molecule has 2 nitrogen and oxygen atoms in total. The molecular weight excluding hydrogens is 340 g/mol. The number of anilines is 2. The van der Waals surface area contributed by atoms with E-state index >= 15 is 0 Å². The zero-order chi connectivity index (χ0) is 12.4. The first-order chi connectivity index (χ1) is 8.83. The van der Waals surface area contributed by atoms with E-state index in [0.717, 1.165) is 16.5 Å². The van der Waals surface area contributed by atoms with E-state index in [0.29, 0.717) is 0 Å². The molecule has 5 heteroatoms. The molecule has 0 bridgehead atoms. The SMILES string of the molecule is Br.Cc1ccccc1Nc1nc(-c2cccs2)cs1. The van der Waals surface area contributed by atoms with Crippen molar-refractivity contribution in [3.8, 4) is 10.6 Å². The summed E-state index contributed by atoms with van der Waals surface area (Å²) < 4.78 is 0. The zero-order valence-corrected chi connectivity index (χ0v) is 13.6. The largest absolute Gasteiger partial charge is 0.331 e. The number of hydrogen-bond donors (Lipinski definition) is 1. The molecule has 0 fully saturated rings. The van der Waals surface area contributed by atoms with Gasteiger partial charge in [-0.25, -0.2) is 4.98 Å². The van der Waals surface area contributed by atoms with Crippen molar-refractivity contribution >= 4 is 50.5 Å². The molecule has 0 radical (unpaired) electrons. The topological polar surface area (TPSA) is 24.9 Å². The van der Waals surface area contributed by atoms with Crippen LogP contribution >= 0.6 is 39.7 Å². The van der Waals surface area contributed by atoms with Gasteiger partial charge in [0, 0.05) is 11.1 Å². The molecule has 1 aromatic carbocycles. The fourth-order valence-corrected chi connectivity index (χ4v) is 3.18. The van der Waals surface area contributed by atoms with E-state index in [9.17, 15) is 0 Å². The lowest BCUT2D eigenvalue weighted by molar-refractivity contribution is 1.37. The van der Waals surface area contributed by atoms with Crippen molar-refractivity contribution in [2.75, 3.05) is 5.32 Å². The summed E-state index contributed by atoms with van der Waals surface area (Å²) >= 11 is 3.35. The number of aryl methyl sites for hydroxylation is 1. The molecule has 2 heterocycles. The Hall–Kier alpha value is -1.17.